The molecule has 2 aliphatic rings. The molecule has 4 N–H and O–H groups in total. The SMILES string of the molecule is CCCNC(=O)NC1CCC(CC(=O)N[C@H]2Cc3cccc(C)c3OB2O)CC1. The van der Waals surface area contributed by atoms with Crippen LogP contribution in [0.1, 0.15) is 56.6 Å². The first-order valence-electron chi connectivity index (χ1n) is 10.7. The molecule has 0 spiro atoms. The maximum Gasteiger partial charge on any atom is 0.547 e. The fourth-order valence-electron chi connectivity index (χ4n) is 4.22. The Morgan fingerprint density at radius 3 is 2.69 bits per heavy atom. The molecule has 1 saturated carbocycles. The lowest BCUT2D eigenvalue weighted by molar-refractivity contribution is -0.122. The van der Waals surface area contributed by atoms with Crippen LogP contribution >= 0.6 is 0 Å². The van der Waals surface area contributed by atoms with Gasteiger partial charge in [-0.25, -0.2) is 4.79 Å². The number of nitrogens with one attached hydrogen (secondary N) is 3. The zero-order valence-corrected chi connectivity index (χ0v) is 17.4. The Kier molecular flexibility index (Phi) is 7.42. The molecule has 0 radical (unpaired) electrons. The van der Waals surface area contributed by atoms with Gasteiger partial charge in [-0.1, -0.05) is 25.1 Å². The second-order valence-corrected chi connectivity index (χ2v) is 8.27. The highest BCUT2D eigenvalue weighted by molar-refractivity contribution is 6.46. The Balaban J connectivity index is 1.42. The highest BCUT2D eigenvalue weighted by atomic mass is 16.5. The number of para-hydroxylation sites is 1. The summed E-state index contributed by atoms with van der Waals surface area (Å²) >= 11 is 0. The molecule has 1 fully saturated rings. The zero-order chi connectivity index (χ0) is 20.8. The fourth-order valence-corrected chi connectivity index (χ4v) is 4.22. The van der Waals surface area contributed by atoms with E-state index in [4.69, 9.17) is 4.65 Å². The van der Waals surface area contributed by atoms with E-state index in [0.29, 0.717) is 25.3 Å². The Bertz CT molecular complexity index is 722. The summed E-state index contributed by atoms with van der Waals surface area (Å²) in [4.78, 5) is 24.3. The lowest BCUT2D eigenvalue weighted by atomic mass is 9.72. The van der Waals surface area contributed by atoms with Gasteiger partial charge in [-0.15, -0.1) is 0 Å². The summed E-state index contributed by atoms with van der Waals surface area (Å²) in [7, 11) is -1.03. The van der Waals surface area contributed by atoms with Crippen LogP contribution in [0.25, 0.3) is 0 Å². The van der Waals surface area contributed by atoms with Crippen molar-refractivity contribution in [1.29, 1.82) is 0 Å². The maximum absolute atomic E-state index is 12.5. The third-order valence-electron chi connectivity index (χ3n) is 5.85. The molecule has 29 heavy (non-hydrogen) atoms. The summed E-state index contributed by atoms with van der Waals surface area (Å²) in [6.45, 7) is 4.65. The number of hydrogen-bond acceptors (Lipinski definition) is 4. The summed E-state index contributed by atoms with van der Waals surface area (Å²) in [6.07, 6.45) is 5.53. The summed E-state index contributed by atoms with van der Waals surface area (Å²) in [5, 5.41) is 19.1. The van der Waals surface area contributed by atoms with E-state index in [1.165, 1.54) is 0 Å². The lowest BCUT2D eigenvalue weighted by Gasteiger charge is -2.31. The van der Waals surface area contributed by atoms with Crippen LogP contribution in [0.4, 0.5) is 4.79 Å². The second kappa shape index (κ2) is 10.0. The third kappa shape index (κ3) is 5.89. The minimum Gasteiger partial charge on any atom is -0.534 e. The van der Waals surface area contributed by atoms with Gasteiger partial charge in [0.2, 0.25) is 5.91 Å². The van der Waals surface area contributed by atoms with Crippen LogP contribution in [0.2, 0.25) is 0 Å². The van der Waals surface area contributed by atoms with Gasteiger partial charge in [0.25, 0.3) is 0 Å². The molecule has 8 heteroatoms. The zero-order valence-electron chi connectivity index (χ0n) is 17.4. The minimum absolute atomic E-state index is 0.0501. The number of urea groups is 1. The van der Waals surface area contributed by atoms with Gasteiger partial charge in [-0.3, -0.25) is 4.79 Å². The fraction of sp³-hybridized carbons (Fsp3) is 0.619. The molecular formula is C21H32BN3O4. The highest BCUT2D eigenvalue weighted by Gasteiger charge is 2.36. The van der Waals surface area contributed by atoms with Gasteiger partial charge in [-0.05, 0) is 62.5 Å². The van der Waals surface area contributed by atoms with Crippen LogP contribution in [0, 0.1) is 12.8 Å². The quantitative estimate of drug-likeness (QED) is 0.549. The highest BCUT2D eigenvalue weighted by Crippen LogP contribution is 2.30. The third-order valence-corrected chi connectivity index (χ3v) is 5.85. The van der Waals surface area contributed by atoms with E-state index in [1.54, 1.807) is 0 Å². The number of carbonyl (C=O) groups is 2. The van der Waals surface area contributed by atoms with E-state index in [1.807, 2.05) is 32.0 Å². The van der Waals surface area contributed by atoms with Crippen LogP contribution in [0.15, 0.2) is 18.2 Å². The Morgan fingerprint density at radius 2 is 1.97 bits per heavy atom. The topological polar surface area (TPSA) is 99.7 Å². The van der Waals surface area contributed by atoms with E-state index in [-0.39, 0.29) is 18.0 Å². The van der Waals surface area contributed by atoms with Gasteiger partial charge in [-0.2, -0.15) is 0 Å². The number of rotatable bonds is 6. The van der Waals surface area contributed by atoms with Crippen LogP contribution in [0.5, 0.6) is 5.75 Å². The van der Waals surface area contributed by atoms with Crippen molar-refractivity contribution in [3.05, 3.63) is 29.3 Å². The van der Waals surface area contributed by atoms with Crippen LogP contribution in [-0.2, 0) is 11.2 Å². The lowest BCUT2D eigenvalue weighted by Crippen LogP contribution is -2.53. The smallest absolute Gasteiger partial charge is 0.534 e. The molecule has 7 nitrogen and oxygen atoms in total. The van der Waals surface area contributed by atoms with Crippen LogP contribution in [0.3, 0.4) is 0 Å². The standard InChI is InChI=1S/C21H32BN3O4/c1-3-11-23-21(27)24-17-9-7-15(8-10-17)12-19(26)25-18-13-16-6-4-5-14(2)20(16)29-22(18)28/h4-6,15,17-18,28H,3,7-13H2,1-2H3,(H,25,26)(H2,23,24,27)/t15?,17?,18-/m0/s1. The van der Waals surface area contributed by atoms with Crippen molar-refractivity contribution in [2.24, 2.45) is 5.92 Å². The molecule has 1 aliphatic heterocycles. The van der Waals surface area contributed by atoms with Gasteiger partial charge in [0.15, 0.2) is 0 Å². The molecule has 3 amide bonds. The molecule has 1 aliphatic carbocycles. The Labute approximate surface area is 173 Å². The summed E-state index contributed by atoms with van der Waals surface area (Å²) in [5.41, 5.74) is 1.99. The van der Waals surface area contributed by atoms with E-state index < -0.39 is 13.1 Å². The molecule has 3 rings (SSSR count). The molecule has 1 aromatic rings. The molecule has 1 atom stereocenters. The van der Waals surface area contributed by atoms with E-state index >= 15 is 0 Å². The van der Waals surface area contributed by atoms with Crippen LogP contribution < -0.4 is 20.6 Å². The number of benzene rings is 1. The average Bonchev–Trinajstić information content (AvgIpc) is 2.69. The number of amides is 3. The van der Waals surface area contributed by atoms with Gasteiger partial charge in [0.05, 0.1) is 5.94 Å². The van der Waals surface area contributed by atoms with E-state index in [9.17, 15) is 14.6 Å². The number of hydrogen-bond donors (Lipinski definition) is 4. The van der Waals surface area contributed by atoms with Crippen molar-refractivity contribution in [2.75, 3.05) is 6.54 Å². The minimum atomic E-state index is -1.03. The predicted molar refractivity (Wildman–Crippen MR) is 113 cm³/mol. The summed E-state index contributed by atoms with van der Waals surface area (Å²) in [5.74, 6) is 0.546. The molecular weight excluding hydrogens is 369 g/mol. The van der Waals surface area contributed by atoms with Crippen molar-refractivity contribution >= 4 is 19.1 Å². The molecule has 0 aromatic heterocycles. The first-order valence-corrected chi connectivity index (χ1v) is 10.7. The van der Waals surface area contributed by atoms with Gasteiger partial charge in [0, 0.05) is 19.0 Å². The average molecular weight is 401 g/mol. The number of carbonyl (C=O) groups excluding carboxylic acids is 2. The van der Waals surface area contributed by atoms with Gasteiger partial charge in [0.1, 0.15) is 5.75 Å². The summed E-state index contributed by atoms with van der Waals surface area (Å²) in [6, 6.07) is 5.96. The van der Waals surface area contributed by atoms with Crippen molar-refractivity contribution in [2.45, 2.75) is 70.8 Å². The van der Waals surface area contributed by atoms with Crippen molar-refractivity contribution < 1.29 is 19.3 Å². The summed E-state index contributed by atoms with van der Waals surface area (Å²) < 4.78 is 5.64. The Morgan fingerprint density at radius 1 is 1.21 bits per heavy atom. The predicted octanol–water partition coefficient (Wildman–Crippen LogP) is 2.09. The maximum atomic E-state index is 12.5. The van der Waals surface area contributed by atoms with Crippen molar-refractivity contribution in [1.82, 2.24) is 16.0 Å². The van der Waals surface area contributed by atoms with Crippen LogP contribution in [-0.4, -0.2) is 42.6 Å². The molecule has 0 bridgehead atoms. The first kappa shape index (κ1) is 21.5. The van der Waals surface area contributed by atoms with E-state index in [2.05, 4.69) is 16.0 Å². The largest absolute Gasteiger partial charge is 0.547 e. The number of fused-ring (bicyclic) bond motifs is 1. The molecule has 1 aromatic carbocycles. The van der Waals surface area contributed by atoms with Gasteiger partial charge >= 0.3 is 13.1 Å². The van der Waals surface area contributed by atoms with E-state index in [0.717, 1.165) is 49.0 Å². The molecule has 158 valence electrons. The monoisotopic (exact) mass is 401 g/mol. The Hall–Kier alpha value is -2.22. The molecule has 0 saturated heterocycles. The normalized spacial score (nSPS) is 23.6. The molecule has 1 heterocycles. The van der Waals surface area contributed by atoms with Gasteiger partial charge < -0.3 is 25.6 Å². The molecule has 0 unspecified atom stereocenters. The number of aryl methyl sites for hydroxylation is 1. The van der Waals surface area contributed by atoms with Crippen molar-refractivity contribution in [3.63, 3.8) is 0 Å². The second-order valence-electron chi connectivity index (χ2n) is 8.27. The first-order chi connectivity index (χ1) is 14.0. The van der Waals surface area contributed by atoms with Crippen molar-refractivity contribution in [3.8, 4) is 5.75 Å².